The quantitative estimate of drug-likeness (QED) is 0.752. The van der Waals surface area contributed by atoms with Gasteiger partial charge in [0.15, 0.2) is 0 Å². The van der Waals surface area contributed by atoms with Gasteiger partial charge in [-0.1, -0.05) is 13.3 Å². The van der Waals surface area contributed by atoms with E-state index in [1.807, 2.05) is 0 Å². The van der Waals surface area contributed by atoms with Crippen molar-refractivity contribution in [3.8, 4) is 0 Å². The van der Waals surface area contributed by atoms with Crippen molar-refractivity contribution in [2.75, 3.05) is 0 Å². The van der Waals surface area contributed by atoms with E-state index in [2.05, 4.69) is 25.3 Å². The second-order valence-electron chi connectivity index (χ2n) is 4.62. The molecule has 1 aliphatic carbocycles. The van der Waals surface area contributed by atoms with Gasteiger partial charge in [-0.15, -0.1) is 11.3 Å². The Morgan fingerprint density at radius 1 is 1.57 bits per heavy atom. The monoisotopic (exact) mass is 210 g/mol. The average molecular weight is 210 g/mol. The molecule has 2 rings (SSSR count). The molecule has 0 aliphatic heterocycles. The first-order chi connectivity index (χ1) is 6.62. The molecular formula is C12H18OS. The van der Waals surface area contributed by atoms with Gasteiger partial charge in [0, 0.05) is 4.88 Å². The van der Waals surface area contributed by atoms with Gasteiger partial charge in [0.2, 0.25) is 0 Å². The molecule has 1 saturated carbocycles. The van der Waals surface area contributed by atoms with Gasteiger partial charge in [-0.05, 0) is 49.1 Å². The summed E-state index contributed by atoms with van der Waals surface area (Å²) < 4.78 is 0. The Balaban J connectivity index is 2.27. The van der Waals surface area contributed by atoms with Crippen molar-refractivity contribution in [1.29, 1.82) is 0 Å². The molecule has 1 nitrogen and oxygen atoms in total. The third-order valence-corrected chi connectivity index (χ3v) is 4.18. The van der Waals surface area contributed by atoms with Crippen LogP contribution in [0.2, 0.25) is 0 Å². The maximum Gasteiger partial charge on any atom is 0.0909 e. The largest absolute Gasteiger partial charge is 0.385 e. The third kappa shape index (κ3) is 1.73. The highest BCUT2D eigenvalue weighted by molar-refractivity contribution is 7.10. The number of aryl methyl sites for hydroxylation is 1. The van der Waals surface area contributed by atoms with Crippen molar-refractivity contribution in [2.45, 2.75) is 45.1 Å². The Labute approximate surface area is 89.8 Å². The standard InChI is InChI=1S/C12H18OS/c1-9-4-3-6-12(13,8-9)11-5-7-14-10(11)2/h5,7,9,13H,3-4,6,8H2,1-2H3. The SMILES string of the molecule is Cc1sccc1C1(O)CCCC(C)C1. The Morgan fingerprint density at radius 2 is 2.36 bits per heavy atom. The van der Waals surface area contributed by atoms with Crippen LogP contribution in [0.15, 0.2) is 11.4 Å². The molecule has 0 amide bonds. The fourth-order valence-corrected chi connectivity index (χ4v) is 3.43. The van der Waals surface area contributed by atoms with Gasteiger partial charge in [0.1, 0.15) is 0 Å². The summed E-state index contributed by atoms with van der Waals surface area (Å²) in [7, 11) is 0. The number of thiophene rings is 1. The molecule has 2 heteroatoms. The van der Waals surface area contributed by atoms with Crippen molar-refractivity contribution >= 4 is 11.3 Å². The first-order valence-electron chi connectivity index (χ1n) is 5.39. The van der Waals surface area contributed by atoms with Gasteiger partial charge in [0.05, 0.1) is 5.60 Å². The maximum atomic E-state index is 10.6. The first-order valence-corrected chi connectivity index (χ1v) is 6.27. The van der Waals surface area contributed by atoms with E-state index in [4.69, 9.17) is 0 Å². The van der Waals surface area contributed by atoms with Crippen molar-refractivity contribution < 1.29 is 5.11 Å². The molecule has 1 aromatic rings. The molecule has 0 bridgehead atoms. The molecule has 1 heterocycles. The van der Waals surface area contributed by atoms with Crippen LogP contribution in [0.5, 0.6) is 0 Å². The molecule has 14 heavy (non-hydrogen) atoms. The van der Waals surface area contributed by atoms with E-state index in [0.717, 1.165) is 19.3 Å². The second kappa shape index (κ2) is 3.67. The lowest BCUT2D eigenvalue weighted by atomic mass is 9.75. The van der Waals surface area contributed by atoms with Gasteiger partial charge < -0.3 is 5.11 Å². The molecule has 0 saturated heterocycles. The van der Waals surface area contributed by atoms with Crippen LogP contribution in [0.3, 0.4) is 0 Å². The lowest BCUT2D eigenvalue weighted by Crippen LogP contribution is -2.31. The zero-order valence-electron chi connectivity index (χ0n) is 8.92. The summed E-state index contributed by atoms with van der Waals surface area (Å²) in [6.07, 6.45) is 4.30. The van der Waals surface area contributed by atoms with Crippen LogP contribution >= 0.6 is 11.3 Å². The van der Waals surface area contributed by atoms with Gasteiger partial charge in [-0.2, -0.15) is 0 Å². The van der Waals surface area contributed by atoms with E-state index < -0.39 is 5.60 Å². The zero-order chi connectivity index (χ0) is 10.2. The number of hydrogen-bond acceptors (Lipinski definition) is 2. The van der Waals surface area contributed by atoms with Crippen LogP contribution < -0.4 is 0 Å². The van der Waals surface area contributed by atoms with Crippen LogP contribution in [0.4, 0.5) is 0 Å². The summed E-state index contributed by atoms with van der Waals surface area (Å²) in [5.41, 5.74) is 0.649. The Kier molecular flexibility index (Phi) is 2.67. The van der Waals surface area contributed by atoms with Crippen molar-refractivity contribution in [2.24, 2.45) is 5.92 Å². The van der Waals surface area contributed by atoms with Crippen LogP contribution in [0, 0.1) is 12.8 Å². The summed E-state index contributed by atoms with van der Waals surface area (Å²) >= 11 is 1.74. The van der Waals surface area contributed by atoms with E-state index in [0.29, 0.717) is 5.92 Å². The van der Waals surface area contributed by atoms with E-state index in [1.54, 1.807) is 11.3 Å². The highest BCUT2D eigenvalue weighted by Gasteiger charge is 2.35. The number of rotatable bonds is 1. The minimum absolute atomic E-state index is 0.526. The molecule has 1 N–H and O–H groups in total. The highest BCUT2D eigenvalue weighted by Crippen LogP contribution is 2.41. The summed E-state index contributed by atoms with van der Waals surface area (Å²) in [6.45, 7) is 4.35. The van der Waals surface area contributed by atoms with Gasteiger partial charge >= 0.3 is 0 Å². The Morgan fingerprint density at radius 3 is 2.93 bits per heavy atom. The van der Waals surface area contributed by atoms with Crippen molar-refractivity contribution in [3.05, 3.63) is 21.9 Å². The molecule has 0 aromatic carbocycles. The topological polar surface area (TPSA) is 20.2 Å². The summed E-state index contributed by atoms with van der Waals surface area (Å²) in [5, 5.41) is 12.7. The smallest absolute Gasteiger partial charge is 0.0909 e. The summed E-state index contributed by atoms with van der Waals surface area (Å²) in [5.74, 6) is 0.660. The molecule has 0 spiro atoms. The van der Waals surface area contributed by atoms with E-state index >= 15 is 0 Å². The van der Waals surface area contributed by atoms with Gasteiger partial charge in [-0.3, -0.25) is 0 Å². The predicted molar refractivity (Wildman–Crippen MR) is 60.6 cm³/mol. The van der Waals surface area contributed by atoms with Crippen molar-refractivity contribution in [1.82, 2.24) is 0 Å². The zero-order valence-corrected chi connectivity index (χ0v) is 9.73. The van der Waals surface area contributed by atoms with E-state index in [-0.39, 0.29) is 0 Å². The fourth-order valence-electron chi connectivity index (χ4n) is 2.64. The number of hydrogen-bond donors (Lipinski definition) is 1. The van der Waals surface area contributed by atoms with Crippen LogP contribution in [-0.4, -0.2) is 5.11 Å². The van der Waals surface area contributed by atoms with Gasteiger partial charge in [0.25, 0.3) is 0 Å². The second-order valence-corrected chi connectivity index (χ2v) is 5.74. The predicted octanol–water partition coefficient (Wildman–Crippen LogP) is 3.45. The molecule has 1 fully saturated rings. The normalized spacial score (nSPS) is 33.2. The average Bonchev–Trinajstić information content (AvgIpc) is 2.51. The molecule has 0 radical (unpaired) electrons. The Hall–Kier alpha value is -0.340. The molecule has 2 atom stereocenters. The minimum Gasteiger partial charge on any atom is -0.385 e. The number of aliphatic hydroxyl groups is 1. The molecule has 1 aromatic heterocycles. The molecule has 78 valence electrons. The first kappa shape index (κ1) is 10.2. The lowest BCUT2D eigenvalue weighted by Gasteiger charge is -2.35. The van der Waals surface area contributed by atoms with Gasteiger partial charge in [-0.25, -0.2) is 0 Å². The molecule has 1 aliphatic rings. The van der Waals surface area contributed by atoms with E-state index in [1.165, 1.54) is 16.9 Å². The highest BCUT2D eigenvalue weighted by atomic mass is 32.1. The summed E-state index contributed by atoms with van der Waals surface area (Å²) in [6, 6.07) is 2.10. The fraction of sp³-hybridized carbons (Fsp3) is 0.667. The summed E-state index contributed by atoms with van der Waals surface area (Å²) in [4.78, 5) is 1.28. The van der Waals surface area contributed by atoms with Crippen LogP contribution in [-0.2, 0) is 5.60 Å². The molecule has 2 unspecified atom stereocenters. The minimum atomic E-state index is -0.526. The van der Waals surface area contributed by atoms with E-state index in [9.17, 15) is 5.11 Å². The van der Waals surface area contributed by atoms with Crippen LogP contribution in [0.25, 0.3) is 0 Å². The lowest BCUT2D eigenvalue weighted by molar-refractivity contribution is -0.0179. The maximum absolute atomic E-state index is 10.6. The Bertz CT molecular complexity index is 318. The molecular weight excluding hydrogens is 192 g/mol. The van der Waals surface area contributed by atoms with Crippen LogP contribution in [0.1, 0.15) is 43.0 Å². The van der Waals surface area contributed by atoms with Crippen molar-refractivity contribution in [3.63, 3.8) is 0 Å². The third-order valence-electron chi connectivity index (χ3n) is 3.33.